The van der Waals surface area contributed by atoms with Crippen LogP contribution < -0.4 is 11.1 Å². The van der Waals surface area contributed by atoms with Crippen molar-refractivity contribution in [2.75, 3.05) is 5.32 Å². The number of pyridine rings is 1. The summed E-state index contributed by atoms with van der Waals surface area (Å²) in [5, 5.41) is 6.02. The maximum Gasteiger partial charge on any atom is 0.0730 e. The fourth-order valence-electron chi connectivity index (χ4n) is 3.10. The lowest BCUT2D eigenvalue weighted by Crippen LogP contribution is -2.33. The van der Waals surface area contributed by atoms with Crippen LogP contribution in [-0.4, -0.2) is 10.5 Å². The van der Waals surface area contributed by atoms with Crippen LogP contribution in [0.5, 0.6) is 0 Å². The van der Waals surface area contributed by atoms with Gasteiger partial charge in [0.2, 0.25) is 0 Å². The Morgan fingerprint density at radius 1 is 1.00 bits per heavy atom. The highest BCUT2D eigenvalue weighted by Gasteiger charge is 2.23. The van der Waals surface area contributed by atoms with Crippen molar-refractivity contribution in [2.24, 2.45) is 5.73 Å². The van der Waals surface area contributed by atoms with Crippen LogP contribution in [-0.2, 0) is 0 Å². The number of aromatic nitrogens is 1. The molecule has 1 unspecified atom stereocenters. The zero-order chi connectivity index (χ0) is 15.9. The molecule has 0 radical (unpaired) electrons. The molecular weight excluding hydrogens is 282 g/mol. The topological polar surface area (TPSA) is 50.9 Å². The van der Waals surface area contributed by atoms with E-state index in [1.807, 2.05) is 18.2 Å². The van der Waals surface area contributed by atoms with Crippen LogP contribution >= 0.6 is 0 Å². The van der Waals surface area contributed by atoms with Crippen LogP contribution in [0.3, 0.4) is 0 Å². The van der Waals surface area contributed by atoms with Gasteiger partial charge in [0.1, 0.15) is 0 Å². The largest absolute Gasteiger partial charge is 0.399 e. The van der Waals surface area contributed by atoms with Gasteiger partial charge < -0.3 is 11.1 Å². The second-order valence-electron chi connectivity index (χ2n) is 6.31. The number of benzene rings is 2. The molecule has 23 heavy (non-hydrogen) atoms. The van der Waals surface area contributed by atoms with Crippen molar-refractivity contribution in [3.63, 3.8) is 0 Å². The molecule has 0 aliphatic heterocycles. The summed E-state index contributed by atoms with van der Waals surface area (Å²) >= 11 is 0. The van der Waals surface area contributed by atoms with E-state index >= 15 is 0 Å². The van der Waals surface area contributed by atoms with Crippen molar-refractivity contribution in [1.82, 2.24) is 4.98 Å². The Hall–Kier alpha value is -2.81. The second-order valence-corrected chi connectivity index (χ2v) is 6.31. The van der Waals surface area contributed by atoms with Crippen molar-refractivity contribution in [1.29, 1.82) is 0 Å². The second kappa shape index (κ2) is 5.13. The van der Waals surface area contributed by atoms with E-state index in [9.17, 15) is 0 Å². The van der Waals surface area contributed by atoms with Gasteiger partial charge in [-0.05, 0) is 31.6 Å². The Labute approximate surface area is 135 Å². The maximum atomic E-state index is 5.87. The number of allylic oxidation sites excluding steroid dienone is 1. The molecule has 0 bridgehead atoms. The van der Waals surface area contributed by atoms with E-state index in [0.29, 0.717) is 0 Å². The van der Waals surface area contributed by atoms with Gasteiger partial charge in [-0.25, -0.2) is 4.98 Å². The van der Waals surface area contributed by atoms with Gasteiger partial charge in [-0.2, -0.15) is 0 Å². The van der Waals surface area contributed by atoms with E-state index in [2.05, 4.69) is 60.8 Å². The van der Waals surface area contributed by atoms with Crippen molar-refractivity contribution in [2.45, 2.75) is 18.9 Å². The Morgan fingerprint density at radius 3 is 2.17 bits per heavy atom. The van der Waals surface area contributed by atoms with Crippen LogP contribution in [0.1, 0.15) is 13.3 Å². The first kappa shape index (κ1) is 13.8. The van der Waals surface area contributed by atoms with Gasteiger partial charge in [0.15, 0.2) is 0 Å². The average molecular weight is 301 g/mol. The molecule has 0 saturated carbocycles. The number of nitrogens with one attached hydrogen (secondary N) is 1. The molecule has 0 spiro atoms. The number of fused-ring (bicyclic) bond motifs is 2. The first-order valence-corrected chi connectivity index (χ1v) is 7.85. The molecule has 1 aromatic heterocycles. The summed E-state index contributed by atoms with van der Waals surface area (Å²) in [6.07, 6.45) is 7.05. The lowest BCUT2D eigenvalue weighted by molar-refractivity contribution is 0.638. The number of anilines is 1. The van der Waals surface area contributed by atoms with Gasteiger partial charge in [-0.15, -0.1) is 0 Å². The number of hydrogen-bond donors (Lipinski definition) is 2. The minimum atomic E-state index is -0.157. The van der Waals surface area contributed by atoms with Crippen molar-refractivity contribution in [3.05, 3.63) is 72.5 Å². The highest BCUT2D eigenvalue weighted by Crippen LogP contribution is 2.34. The zero-order valence-corrected chi connectivity index (χ0v) is 13.1. The van der Waals surface area contributed by atoms with E-state index in [0.717, 1.165) is 39.6 Å². The molecule has 3 heteroatoms. The smallest absolute Gasteiger partial charge is 0.0730 e. The molecule has 1 heterocycles. The maximum absolute atomic E-state index is 5.87. The SMILES string of the molecule is CC1(Nc2c3ccccc3nc3ccccc23)C=CC(N)=CC1. The van der Waals surface area contributed by atoms with Crippen LogP contribution in [0.4, 0.5) is 5.69 Å². The molecule has 3 aromatic rings. The molecule has 4 rings (SSSR count). The van der Waals surface area contributed by atoms with Gasteiger partial charge >= 0.3 is 0 Å². The summed E-state index contributed by atoms with van der Waals surface area (Å²) in [7, 11) is 0. The minimum Gasteiger partial charge on any atom is -0.399 e. The van der Waals surface area contributed by atoms with Crippen LogP contribution in [0.15, 0.2) is 72.5 Å². The summed E-state index contributed by atoms with van der Waals surface area (Å²) in [4.78, 5) is 4.78. The van der Waals surface area contributed by atoms with Crippen LogP contribution in [0.2, 0.25) is 0 Å². The molecule has 0 saturated heterocycles. The predicted molar refractivity (Wildman–Crippen MR) is 97.3 cm³/mol. The third kappa shape index (κ3) is 2.44. The number of nitrogens with two attached hydrogens (primary N) is 1. The number of nitrogens with zero attached hydrogens (tertiary/aromatic N) is 1. The van der Waals surface area contributed by atoms with E-state index in [1.165, 1.54) is 0 Å². The monoisotopic (exact) mass is 301 g/mol. The molecule has 3 N–H and O–H groups in total. The fourth-order valence-corrected chi connectivity index (χ4v) is 3.10. The molecule has 1 atom stereocenters. The minimum absolute atomic E-state index is 0.157. The van der Waals surface area contributed by atoms with Gasteiger partial charge in [-0.1, -0.05) is 48.6 Å². The third-order valence-electron chi connectivity index (χ3n) is 4.40. The third-order valence-corrected chi connectivity index (χ3v) is 4.40. The number of rotatable bonds is 2. The molecule has 2 aromatic carbocycles. The summed E-state index contributed by atoms with van der Waals surface area (Å²) in [5.41, 5.74) is 9.68. The summed E-state index contributed by atoms with van der Waals surface area (Å²) < 4.78 is 0. The molecule has 0 fully saturated rings. The van der Waals surface area contributed by atoms with Gasteiger partial charge in [0, 0.05) is 16.5 Å². The van der Waals surface area contributed by atoms with Crippen LogP contribution in [0.25, 0.3) is 21.8 Å². The van der Waals surface area contributed by atoms with E-state index in [-0.39, 0.29) is 5.54 Å². The van der Waals surface area contributed by atoms with E-state index in [4.69, 9.17) is 10.7 Å². The van der Waals surface area contributed by atoms with Crippen molar-refractivity contribution < 1.29 is 0 Å². The summed E-state index contributed by atoms with van der Waals surface area (Å²) in [6, 6.07) is 16.5. The Bertz CT molecular complexity index is 901. The van der Waals surface area contributed by atoms with Crippen LogP contribution in [0, 0.1) is 0 Å². The van der Waals surface area contributed by atoms with Gasteiger partial charge in [0.25, 0.3) is 0 Å². The zero-order valence-electron chi connectivity index (χ0n) is 13.1. The lowest BCUT2D eigenvalue weighted by atomic mass is 9.91. The predicted octanol–water partition coefficient (Wildman–Crippen LogP) is 4.36. The number of hydrogen-bond acceptors (Lipinski definition) is 3. The van der Waals surface area contributed by atoms with Crippen molar-refractivity contribution in [3.8, 4) is 0 Å². The molecular formula is C20H19N3. The lowest BCUT2D eigenvalue weighted by Gasteiger charge is -2.31. The first-order valence-electron chi connectivity index (χ1n) is 7.85. The first-order chi connectivity index (χ1) is 11.1. The summed E-state index contributed by atoms with van der Waals surface area (Å²) in [5.74, 6) is 0. The standard InChI is InChI=1S/C20H19N3/c1-20(12-10-14(21)11-13-20)23-19-15-6-2-4-8-17(15)22-18-9-5-3-7-16(18)19/h2-12H,13,21H2,1H3,(H,22,23). The van der Waals surface area contributed by atoms with Gasteiger partial charge in [-0.3, -0.25) is 0 Å². The number of para-hydroxylation sites is 2. The molecule has 1 aliphatic rings. The van der Waals surface area contributed by atoms with Crippen molar-refractivity contribution >= 4 is 27.5 Å². The Kier molecular flexibility index (Phi) is 3.08. The average Bonchev–Trinajstić information content (AvgIpc) is 2.58. The highest BCUT2D eigenvalue weighted by molar-refractivity contribution is 6.07. The molecule has 0 amide bonds. The van der Waals surface area contributed by atoms with E-state index < -0.39 is 0 Å². The normalized spacial score (nSPS) is 20.7. The van der Waals surface area contributed by atoms with Gasteiger partial charge in [0.05, 0.1) is 22.3 Å². The molecule has 3 nitrogen and oxygen atoms in total. The highest BCUT2D eigenvalue weighted by atomic mass is 15.0. The summed E-state index contributed by atoms with van der Waals surface area (Å²) in [6.45, 7) is 2.19. The Balaban J connectivity index is 1.92. The molecule has 114 valence electrons. The quantitative estimate of drug-likeness (QED) is 0.691. The fraction of sp³-hybridized carbons (Fsp3) is 0.150. The molecule has 1 aliphatic carbocycles. The Morgan fingerprint density at radius 2 is 1.61 bits per heavy atom. The van der Waals surface area contributed by atoms with E-state index in [1.54, 1.807) is 0 Å².